The zero-order valence-corrected chi connectivity index (χ0v) is 11.0. The van der Waals surface area contributed by atoms with Gasteiger partial charge < -0.3 is 15.6 Å². The van der Waals surface area contributed by atoms with Gasteiger partial charge in [0.25, 0.3) is 5.91 Å². The highest BCUT2D eigenvalue weighted by atomic mass is 16.2. The third-order valence-electron chi connectivity index (χ3n) is 4.09. The van der Waals surface area contributed by atoms with E-state index >= 15 is 0 Å². The summed E-state index contributed by atoms with van der Waals surface area (Å²) in [7, 11) is 0. The van der Waals surface area contributed by atoms with Crippen molar-refractivity contribution in [1.82, 2.24) is 15.6 Å². The minimum absolute atomic E-state index is 0.0504. The van der Waals surface area contributed by atoms with E-state index in [0.717, 1.165) is 24.8 Å². The Morgan fingerprint density at radius 3 is 2.74 bits per heavy atom. The van der Waals surface area contributed by atoms with Gasteiger partial charge in [0.05, 0.1) is 17.6 Å². The Labute approximate surface area is 112 Å². The molecular weight excluding hydrogens is 242 g/mol. The Kier molecular flexibility index (Phi) is 3.05. The number of aromatic nitrogens is 1. The summed E-state index contributed by atoms with van der Waals surface area (Å²) in [5.74, 6) is 0.604. The highest BCUT2D eigenvalue weighted by Crippen LogP contribution is 2.36. The van der Waals surface area contributed by atoms with Gasteiger partial charge in [0.1, 0.15) is 0 Å². The second-order valence-corrected chi connectivity index (χ2v) is 5.60. The van der Waals surface area contributed by atoms with Crippen LogP contribution in [0.15, 0.2) is 12.4 Å². The van der Waals surface area contributed by atoms with Crippen molar-refractivity contribution in [2.45, 2.75) is 44.7 Å². The molecule has 3 N–H and O–H groups in total. The predicted molar refractivity (Wildman–Crippen MR) is 70.7 cm³/mol. The van der Waals surface area contributed by atoms with Crippen LogP contribution in [0.5, 0.6) is 0 Å². The van der Waals surface area contributed by atoms with Gasteiger partial charge in [0.2, 0.25) is 5.91 Å². The first-order valence-corrected chi connectivity index (χ1v) is 6.89. The number of nitrogens with one attached hydrogen (secondary N) is 3. The normalized spacial score (nSPS) is 26.9. The Morgan fingerprint density at radius 1 is 1.32 bits per heavy atom. The number of piperidine rings is 1. The molecule has 0 unspecified atom stereocenters. The summed E-state index contributed by atoms with van der Waals surface area (Å²) in [6.07, 6.45) is 7.08. The molecule has 0 radical (unpaired) electrons. The van der Waals surface area contributed by atoms with Crippen molar-refractivity contribution in [1.29, 1.82) is 0 Å². The maximum atomic E-state index is 12.2. The molecule has 5 heteroatoms. The number of carbonyl (C=O) groups is 2. The van der Waals surface area contributed by atoms with Gasteiger partial charge in [-0.2, -0.15) is 0 Å². The Morgan fingerprint density at radius 2 is 2.11 bits per heavy atom. The average molecular weight is 261 g/mol. The average Bonchev–Trinajstić information content (AvgIpc) is 3.13. The number of aromatic amines is 1. The van der Waals surface area contributed by atoms with Gasteiger partial charge in [-0.05, 0) is 37.7 Å². The zero-order valence-electron chi connectivity index (χ0n) is 11.0. The predicted octanol–water partition coefficient (Wildman–Crippen LogP) is 1.11. The highest BCUT2D eigenvalue weighted by Gasteiger charge is 2.40. The SMILES string of the molecule is Cc1c[nH]cc1C(=O)N[C@@H]1CCC(=O)N[C@H]1C1CC1. The van der Waals surface area contributed by atoms with Crippen molar-refractivity contribution in [2.24, 2.45) is 5.92 Å². The van der Waals surface area contributed by atoms with Gasteiger partial charge >= 0.3 is 0 Å². The monoisotopic (exact) mass is 261 g/mol. The van der Waals surface area contributed by atoms with Crippen LogP contribution in [0.4, 0.5) is 0 Å². The zero-order chi connectivity index (χ0) is 13.4. The number of rotatable bonds is 3. The van der Waals surface area contributed by atoms with Crippen LogP contribution in [-0.4, -0.2) is 28.9 Å². The molecule has 1 saturated carbocycles. The van der Waals surface area contributed by atoms with Crippen LogP contribution in [0, 0.1) is 12.8 Å². The van der Waals surface area contributed by atoms with Crippen LogP contribution in [0.3, 0.4) is 0 Å². The third-order valence-corrected chi connectivity index (χ3v) is 4.09. The van der Waals surface area contributed by atoms with E-state index in [0.29, 0.717) is 17.9 Å². The molecule has 0 aromatic carbocycles. The number of amides is 2. The smallest absolute Gasteiger partial charge is 0.253 e. The maximum absolute atomic E-state index is 12.2. The third kappa shape index (κ3) is 2.50. The van der Waals surface area contributed by atoms with Gasteiger partial charge in [0.15, 0.2) is 0 Å². The second-order valence-electron chi connectivity index (χ2n) is 5.60. The molecule has 1 aliphatic carbocycles. The summed E-state index contributed by atoms with van der Waals surface area (Å²) in [6.45, 7) is 1.91. The van der Waals surface area contributed by atoms with E-state index in [2.05, 4.69) is 15.6 Å². The molecule has 2 atom stereocenters. The molecular formula is C14H19N3O2. The summed E-state index contributed by atoms with van der Waals surface area (Å²) < 4.78 is 0. The van der Waals surface area contributed by atoms with Crippen LogP contribution >= 0.6 is 0 Å². The molecule has 2 fully saturated rings. The van der Waals surface area contributed by atoms with E-state index < -0.39 is 0 Å². The van der Waals surface area contributed by atoms with Gasteiger partial charge in [0, 0.05) is 18.8 Å². The molecule has 19 heavy (non-hydrogen) atoms. The molecule has 2 aliphatic rings. The molecule has 1 aromatic rings. The quantitative estimate of drug-likeness (QED) is 0.762. The number of aryl methyl sites for hydroxylation is 1. The fourth-order valence-corrected chi connectivity index (χ4v) is 2.82. The molecule has 5 nitrogen and oxygen atoms in total. The lowest BCUT2D eigenvalue weighted by molar-refractivity contribution is -0.124. The summed E-state index contributed by atoms with van der Waals surface area (Å²) in [5, 5.41) is 6.11. The minimum Gasteiger partial charge on any atom is -0.367 e. The first kappa shape index (κ1) is 12.3. The van der Waals surface area contributed by atoms with Gasteiger partial charge in [-0.25, -0.2) is 0 Å². The van der Waals surface area contributed by atoms with Crippen LogP contribution in [0.25, 0.3) is 0 Å². The van der Waals surface area contributed by atoms with Gasteiger partial charge in [-0.15, -0.1) is 0 Å². The lowest BCUT2D eigenvalue weighted by Crippen LogP contribution is -2.56. The molecule has 2 heterocycles. The van der Waals surface area contributed by atoms with Gasteiger partial charge in [-0.3, -0.25) is 9.59 Å². The lowest BCUT2D eigenvalue weighted by atomic mass is 9.94. The van der Waals surface area contributed by atoms with E-state index in [-0.39, 0.29) is 23.9 Å². The fourth-order valence-electron chi connectivity index (χ4n) is 2.82. The summed E-state index contributed by atoms with van der Waals surface area (Å²) >= 11 is 0. The first-order chi connectivity index (χ1) is 9.15. The van der Waals surface area contributed by atoms with Crippen molar-refractivity contribution in [3.63, 3.8) is 0 Å². The molecule has 0 bridgehead atoms. The van der Waals surface area contributed by atoms with E-state index in [9.17, 15) is 9.59 Å². The molecule has 1 aromatic heterocycles. The largest absolute Gasteiger partial charge is 0.367 e. The first-order valence-electron chi connectivity index (χ1n) is 6.89. The molecule has 0 spiro atoms. The van der Waals surface area contributed by atoms with E-state index in [1.165, 1.54) is 0 Å². The summed E-state index contributed by atoms with van der Waals surface area (Å²) in [6, 6.07) is 0.177. The van der Waals surface area contributed by atoms with E-state index in [1.54, 1.807) is 6.20 Å². The molecule has 102 valence electrons. The Bertz CT molecular complexity index is 505. The molecule has 1 saturated heterocycles. The van der Waals surface area contributed by atoms with E-state index in [1.807, 2.05) is 13.1 Å². The number of hydrogen-bond donors (Lipinski definition) is 3. The molecule has 3 rings (SSSR count). The Hall–Kier alpha value is -1.78. The van der Waals surface area contributed by atoms with Crippen molar-refractivity contribution in [3.8, 4) is 0 Å². The second kappa shape index (κ2) is 4.72. The van der Waals surface area contributed by atoms with Crippen molar-refractivity contribution in [2.75, 3.05) is 0 Å². The maximum Gasteiger partial charge on any atom is 0.253 e. The summed E-state index contributed by atoms with van der Waals surface area (Å²) in [5.41, 5.74) is 1.63. The van der Waals surface area contributed by atoms with Crippen LogP contribution in [0.1, 0.15) is 41.6 Å². The van der Waals surface area contributed by atoms with Crippen LogP contribution < -0.4 is 10.6 Å². The van der Waals surface area contributed by atoms with Gasteiger partial charge in [-0.1, -0.05) is 0 Å². The van der Waals surface area contributed by atoms with Crippen LogP contribution in [0.2, 0.25) is 0 Å². The number of H-pyrrole nitrogens is 1. The number of hydrogen-bond acceptors (Lipinski definition) is 2. The summed E-state index contributed by atoms with van der Waals surface area (Å²) in [4.78, 5) is 26.7. The van der Waals surface area contributed by atoms with Crippen molar-refractivity contribution >= 4 is 11.8 Å². The Balaban J connectivity index is 1.69. The minimum atomic E-state index is -0.0504. The fraction of sp³-hybridized carbons (Fsp3) is 0.571. The van der Waals surface area contributed by atoms with Crippen molar-refractivity contribution < 1.29 is 9.59 Å². The standard InChI is InChI=1S/C14H19N3O2/c1-8-6-15-7-10(8)14(19)16-11-4-5-12(18)17-13(11)9-2-3-9/h6-7,9,11,13,15H,2-5H2,1H3,(H,16,19)(H,17,18)/t11-,13+/m1/s1. The topological polar surface area (TPSA) is 74.0 Å². The van der Waals surface area contributed by atoms with Crippen LogP contribution in [-0.2, 0) is 4.79 Å². The molecule has 2 amide bonds. The number of carbonyl (C=O) groups excluding carboxylic acids is 2. The van der Waals surface area contributed by atoms with Crippen molar-refractivity contribution in [3.05, 3.63) is 23.5 Å². The molecule has 1 aliphatic heterocycles. The van der Waals surface area contributed by atoms with E-state index in [4.69, 9.17) is 0 Å². The highest BCUT2D eigenvalue weighted by molar-refractivity contribution is 5.95. The lowest BCUT2D eigenvalue weighted by Gasteiger charge is -2.33.